The monoisotopic (exact) mass is 319 g/mol. The Balaban J connectivity index is 5.43. The van der Waals surface area contributed by atoms with Gasteiger partial charge in [-0.3, -0.25) is 14.4 Å². The summed E-state index contributed by atoms with van der Waals surface area (Å²) in [6, 6.07) is -1.46. The van der Waals surface area contributed by atoms with Gasteiger partial charge in [-0.2, -0.15) is 4.91 Å². The first kappa shape index (κ1) is 19.5. The fourth-order valence-corrected chi connectivity index (χ4v) is 1.47. The van der Waals surface area contributed by atoms with Crippen LogP contribution in [0.4, 0.5) is 0 Å². The molecule has 0 amide bonds. The average molecular weight is 319 g/mol. The van der Waals surface area contributed by atoms with Gasteiger partial charge in [0.1, 0.15) is 6.61 Å². The predicted octanol–water partition coefficient (Wildman–Crippen LogP) is -0.279. The van der Waals surface area contributed by atoms with Crippen LogP contribution in [0, 0.1) is 4.91 Å². The lowest BCUT2D eigenvalue weighted by Gasteiger charge is -2.26. The lowest BCUT2D eigenvalue weighted by atomic mass is 10.1. The lowest BCUT2D eigenvalue weighted by Crippen LogP contribution is -2.48. The van der Waals surface area contributed by atoms with Crippen molar-refractivity contribution >= 4 is 23.9 Å². The van der Waals surface area contributed by atoms with Gasteiger partial charge < -0.3 is 18.9 Å². The summed E-state index contributed by atoms with van der Waals surface area (Å²) in [5.74, 6) is -3.50. The Kier molecular flexibility index (Phi) is 8.34. The standard InChI is InChI=1S/C12H17NO9/c1-6(14)20-5-9(13-18)10(21-7(2)15)11(12(17)19-4)22-8(3)16/h9-11H,5H2,1-4H3/t9?,10-,11?/m1/s1. The zero-order chi connectivity index (χ0) is 17.3. The number of carbonyl (C=O) groups excluding carboxylic acids is 4. The van der Waals surface area contributed by atoms with E-state index in [-0.39, 0.29) is 0 Å². The molecule has 0 saturated heterocycles. The number of hydrogen-bond acceptors (Lipinski definition) is 10. The largest absolute Gasteiger partial charge is 0.466 e. The van der Waals surface area contributed by atoms with Gasteiger partial charge in [-0.15, -0.1) is 0 Å². The van der Waals surface area contributed by atoms with Gasteiger partial charge in [0.15, 0.2) is 12.1 Å². The number of rotatable bonds is 8. The number of nitrogens with zero attached hydrogens (tertiary/aromatic N) is 1. The number of esters is 4. The Morgan fingerprint density at radius 3 is 1.86 bits per heavy atom. The number of hydrogen-bond donors (Lipinski definition) is 0. The molecule has 0 fully saturated rings. The van der Waals surface area contributed by atoms with Crippen molar-refractivity contribution in [3.05, 3.63) is 4.91 Å². The van der Waals surface area contributed by atoms with Gasteiger partial charge in [0.25, 0.3) is 0 Å². The highest BCUT2D eigenvalue weighted by molar-refractivity contribution is 5.80. The molecule has 3 atom stereocenters. The fourth-order valence-electron chi connectivity index (χ4n) is 1.47. The first-order valence-corrected chi connectivity index (χ1v) is 6.11. The summed E-state index contributed by atoms with van der Waals surface area (Å²) in [5.41, 5.74) is 0. The molecule has 10 nitrogen and oxygen atoms in total. The van der Waals surface area contributed by atoms with Crippen LogP contribution in [0.15, 0.2) is 5.18 Å². The normalized spacial score (nSPS) is 14.0. The third-order valence-electron chi connectivity index (χ3n) is 2.30. The van der Waals surface area contributed by atoms with Gasteiger partial charge in [-0.1, -0.05) is 5.18 Å². The molecule has 22 heavy (non-hydrogen) atoms. The third kappa shape index (κ3) is 6.77. The van der Waals surface area contributed by atoms with E-state index in [9.17, 15) is 24.1 Å². The highest BCUT2D eigenvalue weighted by atomic mass is 16.6. The second-order valence-electron chi connectivity index (χ2n) is 4.10. The molecular weight excluding hydrogens is 302 g/mol. The summed E-state index contributed by atoms with van der Waals surface area (Å²) in [6.45, 7) is 2.55. The van der Waals surface area contributed by atoms with Crippen molar-refractivity contribution in [1.82, 2.24) is 0 Å². The minimum absolute atomic E-state index is 0.564. The van der Waals surface area contributed by atoms with Crippen molar-refractivity contribution in [1.29, 1.82) is 0 Å². The van der Waals surface area contributed by atoms with Crippen molar-refractivity contribution in [2.45, 2.75) is 39.0 Å². The number of methoxy groups -OCH3 is 1. The first-order valence-electron chi connectivity index (χ1n) is 6.11. The predicted molar refractivity (Wildman–Crippen MR) is 69.3 cm³/mol. The number of carbonyl (C=O) groups is 4. The molecule has 0 bridgehead atoms. The SMILES string of the molecule is COC(=O)C(OC(C)=O)[C@H](OC(C)=O)C(COC(C)=O)N=O. The van der Waals surface area contributed by atoms with Crippen molar-refractivity contribution in [2.24, 2.45) is 5.18 Å². The quantitative estimate of drug-likeness (QED) is 0.336. The Hall–Kier alpha value is -2.52. The highest BCUT2D eigenvalue weighted by Gasteiger charge is 2.42. The van der Waals surface area contributed by atoms with Crippen molar-refractivity contribution < 1.29 is 38.1 Å². The zero-order valence-electron chi connectivity index (χ0n) is 12.6. The topological polar surface area (TPSA) is 135 Å². The third-order valence-corrected chi connectivity index (χ3v) is 2.30. The molecule has 0 aromatic rings. The van der Waals surface area contributed by atoms with E-state index in [1.807, 2.05) is 0 Å². The van der Waals surface area contributed by atoms with E-state index in [0.717, 1.165) is 27.9 Å². The van der Waals surface area contributed by atoms with Crippen molar-refractivity contribution in [3.8, 4) is 0 Å². The summed E-state index contributed by atoms with van der Waals surface area (Å²) in [7, 11) is 1.01. The Morgan fingerprint density at radius 1 is 0.955 bits per heavy atom. The second kappa shape index (κ2) is 9.42. The lowest BCUT2D eigenvalue weighted by molar-refractivity contribution is -0.182. The summed E-state index contributed by atoms with van der Waals surface area (Å²) >= 11 is 0. The molecule has 124 valence electrons. The molecule has 0 radical (unpaired) electrons. The summed E-state index contributed by atoms with van der Waals surface area (Å²) in [4.78, 5) is 55.6. The maximum atomic E-state index is 11.7. The van der Waals surface area contributed by atoms with Gasteiger partial charge >= 0.3 is 23.9 Å². The zero-order valence-corrected chi connectivity index (χ0v) is 12.6. The van der Waals surface area contributed by atoms with Gasteiger partial charge in [0, 0.05) is 20.8 Å². The molecule has 0 aliphatic rings. The van der Waals surface area contributed by atoms with Gasteiger partial charge in [-0.25, -0.2) is 4.79 Å². The van der Waals surface area contributed by atoms with Crippen LogP contribution in [0.3, 0.4) is 0 Å². The fraction of sp³-hybridized carbons (Fsp3) is 0.667. The van der Waals surface area contributed by atoms with Crippen LogP contribution in [0.25, 0.3) is 0 Å². The van der Waals surface area contributed by atoms with Gasteiger partial charge in [0.05, 0.1) is 7.11 Å². The van der Waals surface area contributed by atoms with E-state index >= 15 is 0 Å². The molecular formula is C12H17NO9. The van der Waals surface area contributed by atoms with E-state index < -0.39 is 48.7 Å². The molecule has 0 heterocycles. The minimum Gasteiger partial charge on any atom is -0.466 e. The molecule has 0 aromatic carbocycles. The van der Waals surface area contributed by atoms with Crippen LogP contribution in [0.2, 0.25) is 0 Å². The van der Waals surface area contributed by atoms with Crippen LogP contribution >= 0.6 is 0 Å². The van der Waals surface area contributed by atoms with Crippen LogP contribution in [0.1, 0.15) is 20.8 Å². The molecule has 0 N–H and O–H groups in total. The van der Waals surface area contributed by atoms with Crippen molar-refractivity contribution in [2.75, 3.05) is 13.7 Å². The maximum Gasteiger partial charge on any atom is 0.351 e. The smallest absolute Gasteiger partial charge is 0.351 e. The summed E-state index contributed by atoms with van der Waals surface area (Å²) < 4.78 is 18.6. The molecule has 0 rings (SSSR count). The minimum atomic E-state index is -1.72. The second-order valence-corrected chi connectivity index (χ2v) is 4.10. The molecule has 2 unspecified atom stereocenters. The first-order chi connectivity index (χ1) is 10.2. The molecule has 0 aliphatic carbocycles. The Morgan fingerprint density at radius 2 is 1.50 bits per heavy atom. The van der Waals surface area contributed by atoms with Crippen LogP contribution in [-0.4, -0.2) is 55.8 Å². The molecule has 0 aliphatic heterocycles. The van der Waals surface area contributed by atoms with Crippen LogP contribution in [0.5, 0.6) is 0 Å². The summed E-state index contributed by atoms with van der Waals surface area (Å²) in [6.07, 6.45) is -3.31. The molecule has 0 aromatic heterocycles. The van der Waals surface area contributed by atoms with Crippen LogP contribution in [-0.2, 0) is 38.1 Å². The Bertz CT molecular complexity index is 448. The van der Waals surface area contributed by atoms with E-state index in [4.69, 9.17) is 9.47 Å². The number of ether oxygens (including phenoxy) is 4. The van der Waals surface area contributed by atoms with E-state index in [1.165, 1.54) is 0 Å². The Labute approximate surface area is 126 Å². The molecule has 10 heteroatoms. The number of nitroso groups, excluding NO2 is 1. The highest BCUT2D eigenvalue weighted by Crippen LogP contribution is 2.15. The maximum absolute atomic E-state index is 11.7. The van der Waals surface area contributed by atoms with Crippen molar-refractivity contribution in [3.63, 3.8) is 0 Å². The molecule has 0 saturated carbocycles. The van der Waals surface area contributed by atoms with E-state index in [1.54, 1.807) is 0 Å². The summed E-state index contributed by atoms with van der Waals surface area (Å²) in [5, 5.41) is 2.65. The average Bonchev–Trinajstić information content (AvgIpc) is 2.42. The van der Waals surface area contributed by atoms with E-state index in [0.29, 0.717) is 0 Å². The van der Waals surface area contributed by atoms with Gasteiger partial charge in [-0.05, 0) is 0 Å². The molecule has 0 spiro atoms. The van der Waals surface area contributed by atoms with Gasteiger partial charge in [0.2, 0.25) is 6.10 Å². The van der Waals surface area contributed by atoms with E-state index in [2.05, 4.69) is 14.7 Å². The van der Waals surface area contributed by atoms with Crippen LogP contribution < -0.4 is 0 Å².